The van der Waals surface area contributed by atoms with Gasteiger partial charge in [0.25, 0.3) is 0 Å². The Morgan fingerprint density at radius 1 is 1.21 bits per heavy atom. The molecule has 2 rings (SSSR count). The summed E-state index contributed by atoms with van der Waals surface area (Å²) >= 11 is 5.06. The molecule has 0 bridgehead atoms. The summed E-state index contributed by atoms with van der Waals surface area (Å²) in [5.41, 5.74) is 2.22. The fourth-order valence-electron chi connectivity index (χ4n) is 1.94. The molecule has 5 nitrogen and oxygen atoms in total. The molecular formula is C18H18N2O3S. The number of carbonyl (C=O) groups excluding carboxylic acids is 1. The lowest BCUT2D eigenvalue weighted by Crippen LogP contribution is -2.32. The number of carbonyl (C=O) groups is 1. The minimum atomic E-state index is -0.366. The number of amides is 1. The van der Waals surface area contributed by atoms with Crippen LogP contribution in [0.4, 0.5) is 5.69 Å². The van der Waals surface area contributed by atoms with Crippen LogP contribution in [0.2, 0.25) is 0 Å². The van der Waals surface area contributed by atoms with Crippen LogP contribution < -0.4 is 15.4 Å². The number of anilines is 1. The Morgan fingerprint density at radius 3 is 2.54 bits per heavy atom. The third-order valence-corrected chi connectivity index (χ3v) is 3.39. The van der Waals surface area contributed by atoms with Crippen LogP contribution in [0.5, 0.6) is 11.5 Å². The van der Waals surface area contributed by atoms with Crippen LogP contribution in [-0.2, 0) is 4.79 Å². The summed E-state index contributed by atoms with van der Waals surface area (Å²) in [4.78, 5) is 11.9. The van der Waals surface area contributed by atoms with E-state index < -0.39 is 0 Å². The summed E-state index contributed by atoms with van der Waals surface area (Å²) in [6.45, 7) is 1.87. The van der Waals surface area contributed by atoms with Crippen molar-refractivity contribution in [3.63, 3.8) is 0 Å². The number of phenols is 1. The highest BCUT2D eigenvalue weighted by molar-refractivity contribution is 7.80. The zero-order valence-electron chi connectivity index (χ0n) is 13.4. The van der Waals surface area contributed by atoms with Gasteiger partial charge in [0.1, 0.15) is 11.5 Å². The molecule has 0 fully saturated rings. The van der Waals surface area contributed by atoms with Crippen molar-refractivity contribution in [2.75, 3.05) is 12.4 Å². The van der Waals surface area contributed by atoms with Gasteiger partial charge in [-0.1, -0.05) is 18.2 Å². The number of thiocarbonyl (C=S) groups is 1. The van der Waals surface area contributed by atoms with Gasteiger partial charge in [0, 0.05) is 6.08 Å². The molecule has 3 N–H and O–H groups in total. The van der Waals surface area contributed by atoms with Gasteiger partial charge in [-0.2, -0.15) is 0 Å². The van der Waals surface area contributed by atoms with Gasteiger partial charge in [-0.25, -0.2) is 0 Å². The largest absolute Gasteiger partial charge is 0.506 e. The fourth-order valence-corrected chi connectivity index (χ4v) is 2.15. The van der Waals surface area contributed by atoms with Crippen molar-refractivity contribution >= 4 is 35.0 Å². The number of aromatic hydroxyl groups is 1. The molecule has 0 saturated heterocycles. The molecule has 24 heavy (non-hydrogen) atoms. The van der Waals surface area contributed by atoms with Crippen molar-refractivity contribution < 1.29 is 14.6 Å². The third kappa shape index (κ3) is 5.10. The Hall–Kier alpha value is -2.86. The van der Waals surface area contributed by atoms with Gasteiger partial charge in [-0.05, 0) is 60.6 Å². The Bertz CT molecular complexity index is 770. The quantitative estimate of drug-likeness (QED) is 0.452. The predicted octanol–water partition coefficient (Wildman–Crippen LogP) is 3.24. The Morgan fingerprint density at radius 2 is 1.92 bits per heavy atom. The number of aryl methyl sites for hydroxylation is 1. The van der Waals surface area contributed by atoms with Gasteiger partial charge in [0.05, 0.1) is 12.8 Å². The van der Waals surface area contributed by atoms with Gasteiger partial charge < -0.3 is 15.2 Å². The van der Waals surface area contributed by atoms with E-state index >= 15 is 0 Å². The molecule has 0 atom stereocenters. The molecule has 0 heterocycles. The maximum absolute atomic E-state index is 11.9. The molecule has 0 aliphatic rings. The Kier molecular flexibility index (Phi) is 5.92. The summed E-state index contributed by atoms with van der Waals surface area (Å²) in [5, 5.41) is 15.2. The molecule has 6 heteroatoms. The van der Waals surface area contributed by atoms with Crippen LogP contribution in [0.25, 0.3) is 6.08 Å². The number of methoxy groups -OCH3 is 1. The lowest BCUT2D eigenvalue weighted by Gasteiger charge is -2.10. The topological polar surface area (TPSA) is 70.6 Å². The van der Waals surface area contributed by atoms with Crippen molar-refractivity contribution in [1.82, 2.24) is 5.32 Å². The minimum absolute atomic E-state index is 0.0698. The number of ether oxygens (including phenoxy) is 1. The second-order valence-electron chi connectivity index (χ2n) is 5.07. The highest BCUT2D eigenvalue weighted by Gasteiger charge is 2.05. The predicted molar refractivity (Wildman–Crippen MR) is 99.2 cm³/mol. The van der Waals surface area contributed by atoms with E-state index in [0.29, 0.717) is 5.69 Å². The first-order valence-electron chi connectivity index (χ1n) is 7.21. The van der Waals surface area contributed by atoms with Crippen LogP contribution >= 0.6 is 12.2 Å². The molecule has 0 aromatic heterocycles. The molecule has 0 aliphatic carbocycles. The van der Waals surface area contributed by atoms with E-state index in [2.05, 4.69) is 10.6 Å². The molecule has 2 aromatic rings. The van der Waals surface area contributed by atoms with E-state index in [1.807, 2.05) is 37.3 Å². The van der Waals surface area contributed by atoms with Crippen molar-refractivity contribution in [1.29, 1.82) is 0 Å². The van der Waals surface area contributed by atoms with Crippen molar-refractivity contribution in [2.24, 2.45) is 0 Å². The summed E-state index contributed by atoms with van der Waals surface area (Å²) in [6, 6.07) is 12.4. The molecule has 1 amide bonds. The molecule has 0 spiro atoms. The highest BCUT2D eigenvalue weighted by atomic mass is 32.1. The van der Waals surface area contributed by atoms with Crippen LogP contribution in [0.1, 0.15) is 11.1 Å². The van der Waals surface area contributed by atoms with Gasteiger partial charge in [-0.15, -0.1) is 0 Å². The Labute approximate surface area is 146 Å². The lowest BCUT2D eigenvalue weighted by atomic mass is 10.2. The summed E-state index contributed by atoms with van der Waals surface area (Å²) in [6.07, 6.45) is 3.05. The van der Waals surface area contributed by atoms with Gasteiger partial charge in [-0.3, -0.25) is 10.1 Å². The van der Waals surface area contributed by atoms with Crippen LogP contribution in [0.3, 0.4) is 0 Å². The second-order valence-corrected chi connectivity index (χ2v) is 5.48. The first-order valence-corrected chi connectivity index (χ1v) is 7.62. The normalized spacial score (nSPS) is 10.4. The lowest BCUT2D eigenvalue weighted by molar-refractivity contribution is -0.115. The van der Waals surface area contributed by atoms with Crippen molar-refractivity contribution in [3.8, 4) is 11.5 Å². The third-order valence-electron chi connectivity index (χ3n) is 3.18. The first-order chi connectivity index (χ1) is 11.5. The van der Waals surface area contributed by atoms with Crippen LogP contribution in [0, 0.1) is 6.92 Å². The van der Waals surface area contributed by atoms with E-state index in [1.54, 1.807) is 25.3 Å². The molecule has 0 saturated carbocycles. The molecular weight excluding hydrogens is 324 g/mol. The average Bonchev–Trinajstić information content (AvgIpc) is 2.56. The summed E-state index contributed by atoms with van der Waals surface area (Å²) < 4.78 is 5.07. The second kappa shape index (κ2) is 8.12. The van der Waals surface area contributed by atoms with E-state index in [-0.39, 0.29) is 16.8 Å². The van der Waals surface area contributed by atoms with E-state index in [1.165, 1.54) is 6.08 Å². The maximum atomic E-state index is 11.9. The number of hydrogen-bond donors (Lipinski definition) is 3. The first kappa shape index (κ1) is 17.5. The zero-order valence-corrected chi connectivity index (χ0v) is 14.2. The van der Waals surface area contributed by atoms with Gasteiger partial charge in [0.15, 0.2) is 5.11 Å². The maximum Gasteiger partial charge on any atom is 0.250 e. The summed E-state index contributed by atoms with van der Waals surface area (Å²) in [5.74, 6) is 0.454. The molecule has 0 aliphatic heterocycles. The van der Waals surface area contributed by atoms with Crippen molar-refractivity contribution in [3.05, 3.63) is 59.7 Å². The number of nitrogens with one attached hydrogen (secondary N) is 2. The van der Waals surface area contributed by atoms with E-state index in [9.17, 15) is 9.90 Å². The number of rotatable bonds is 4. The summed E-state index contributed by atoms with van der Waals surface area (Å²) in [7, 11) is 1.60. The van der Waals surface area contributed by atoms with E-state index in [0.717, 1.165) is 16.9 Å². The molecule has 0 unspecified atom stereocenters. The van der Waals surface area contributed by atoms with Gasteiger partial charge in [0.2, 0.25) is 5.91 Å². The van der Waals surface area contributed by atoms with E-state index in [4.69, 9.17) is 17.0 Å². The average molecular weight is 342 g/mol. The number of hydrogen-bond acceptors (Lipinski definition) is 4. The van der Waals surface area contributed by atoms with Crippen LogP contribution in [0.15, 0.2) is 48.5 Å². The van der Waals surface area contributed by atoms with Gasteiger partial charge >= 0.3 is 0 Å². The fraction of sp³-hybridized carbons (Fsp3) is 0.111. The van der Waals surface area contributed by atoms with Crippen LogP contribution in [-0.4, -0.2) is 23.2 Å². The SMILES string of the molecule is COc1ccc(/C=C/C(=O)NC(=S)Nc2ccc(C)cc2O)cc1. The number of phenolic OH excluding ortho intramolecular Hbond substituents is 1. The Balaban J connectivity index is 1.91. The molecule has 124 valence electrons. The highest BCUT2D eigenvalue weighted by Crippen LogP contribution is 2.23. The minimum Gasteiger partial charge on any atom is -0.506 e. The van der Waals surface area contributed by atoms with Crippen molar-refractivity contribution in [2.45, 2.75) is 6.92 Å². The molecule has 2 aromatic carbocycles. The number of benzene rings is 2. The monoisotopic (exact) mass is 342 g/mol. The smallest absolute Gasteiger partial charge is 0.250 e. The standard InChI is InChI=1S/C18H18N2O3S/c1-12-3-9-15(16(21)11-12)19-18(24)20-17(22)10-6-13-4-7-14(23-2)8-5-13/h3-11,21H,1-2H3,(H2,19,20,22,24)/b10-6+. The molecule has 0 radical (unpaired) electrons. The zero-order chi connectivity index (χ0) is 17.5.